The molecule has 0 heterocycles. The maximum absolute atomic E-state index is 14.4. The lowest BCUT2D eigenvalue weighted by Gasteiger charge is -2.30. The molecule has 2 atom stereocenters. The first-order valence-electron chi connectivity index (χ1n) is 10.5. The second-order valence-electron chi connectivity index (χ2n) is 8.58. The molecule has 0 spiro atoms. The van der Waals surface area contributed by atoms with Crippen molar-refractivity contribution in [1.82, 2.24) is 16.0 Å². The molecule has 6 N–H and O–H groups in total. The minimum Gasteiger partial charge on any atom is -0.453 e. The number of aliphatic imine (C=N–C) groups is 1. The van der Waals surface area contributed by atoms with E-state index in [2.05, 4.69) is 25.7 Å². The standard InChI is InChI=1S/C22H31F4N5O4/c1-22(2,3)18(31-21(34)35-4)19(33)30-10-13(32)9-28-11-14-15(23)7-12(8-16(14)24)17(27)5-6-29-20(25)26/h5-8,13,18,20,28,32H,9-11,27H2,1-4H3,(H,30,33)(H,31,34)/t13-,18?/m0/s1. The highest BCUT2D eigenvalue weighted by Crippen LogP contribution is 2.20. The topological polar surface area (TPSA) is 138 Å². The minimum atomic E-state index is -2.93. The largest absolute Gasteiger partial charge is 0.453 e. The summed E-state index contributed by atoms with van der Waals surface area (Å²) in [6, 6.07) is 0.958. The molecular formula is C22H31F4N5O4. The van der Waals surface area contributed by atoms with Gasteiger partial charge in [0.15, 0.2) is 0 Å². The molecule has 196 valence electrons. The summed E-state index contributed by atoms with van der Waals surface area (Å²) in [5.41, 5.74) is 4.45. The molecule has 0 aliphatic carbocycles. The predicted molar refractivity (Wildman–Crippen MR) is 123 cm³/mol. The van der Waals surface area contributed by atoms with Crippen LogP contribution in [0, 0.1) is 17.0 Å². The van der Waals surface area contributed by atoms with Crippen molar-refractivity contribution in [2.45, 2.75) is 46.0 Å². The van der Waals surface area contributed by atoms with E-state index >= 15 is 0 Å². The molecule has 1 aromatic carbocycles. The molecule has 1 unspecified atom stereocenters. The number of allylic oxidation sites excluding steroid dienone is 1. The second kappa shape index (κ2) is 13.6. The number of amides is 2. The maximum Gasteiger partial charge on any atom is 0.407 e. The van der Waals surface area contributed by atoms with E-state index in [9.17, 15) is 32.3 Å². The van der Waals surface area contributed by atoms with Crippen LogP contribution >= 0.6 is 0 Å². The Balaban J connectivity index is 2.66. The number of aliphatic hydroxyl groups excluding tert-OH is 1. The number of hydrogen-bond donors (Lipinski definition) is 5. The van der Waals surface area contributed by atoms with Crippen molar-refractivity contribution in [3.63, 3.8) is 0 Å². The highest BCUT2D eigenvalue weighted by molar-refractivity contribution is 5.86. The van der Waals surface area contributed by atoms with Gasteiger partial charge in [0.25, 0.3) is 0 Å². The normalized spacial score (nSPS) is 14.2. The number of carbonyl (C=O) groups is 2. The number of hydrogen-bond acceptors (Lipinski definition) is 7. The highest BCUT2D eigenvalue weighted by Gasteiger charge is 2.33. The lowest BCUT2D eigenvalue weighted by Crippen LogP contribution is -2.54. The van der Waals surface area contributed by atoms with Gasteiger partial charge in [-0.1, -0.05) is 20.8 Å². The summed E-state index contributed by atoms with van der Waals surface area (Å²) in [7, 11) is 1.17. The number of carbonyl (C=O) groups excluding carboxylic acids is 2. The number of alkyl carbamates (subject to hydrolysis) is 1. The molecule has 0 aliphatic heterocycles. The number of nitrogens with two attached hydrogens (primary N) is 1. The van der Waals surface area contributed by atoms with Crippen molar-refractivity contribution in [3.8, 4) is 0 Å². The van der Waals surface area contributed by atoms with Gasteiger partial charge in [-0.2, -0.15) is 8.78 Å². The summed E-state index contributed by atoms with van der Waals surface area (Å²) < 4.78 is 57.3. The first-order valence-corrected chi connectivity index (χ1v) is 10.5. The van der Waals surface area contributed by atoms with Crippen molar-refractivity contribution >= 4 is 23.9 Å². The third kappa shape index (κ3) is 10.3. The molecule has 0 fully saturated rings. The molecule has 13 heteroatoms. The molecular weight excluding hydrogens is 474 g/mol. The first-order chi connectivity index (χ1) is 16.3. The number of rotatable bonds is 11. The van der Waals surface area contributed by atoms with E-state index in [1.807, 2.05) is 0 Å². The van der Waals surface area contributed by atoms with Crippen molar-refractivity contribution in [2.75, 3.05) is 20.2 Å². The number of halogens is 4. The van der Waals surface area contributed by atoms with E-state index in [0.29, 0.717) is 0 Å². The second-order valence-corrected chi connectivity index (χ2v) is 8.58. The van der Waals surface area contributed by atoms with Crippen LogP contribution in [0.25, 0.3) is 5.70 Å². The molecule has 0 radical (unpaired) electrons. The average Bonchev–Trinajstić information content (AvgIpc) is 2.76. The first kappa shape index (κ1) is 29.8. The van der Waals surface area contributed by atoms with Gasteiger partial charge in [-0.05, 0) is 23.6 Å². The zero-order valence-electron chi connectivity index (χ0n) is 19.9. The Hall–Kier alpha value is -3.19. The van der Waals surface area contributed by atoms with Crippen LogP contribution in [0.15, 0.2) is 23.2 Å². The Morgan fingerprint density at radius 1 is 1.20 bits per heavy atom. The number of alkyl halides is 2. The summed E-state index contributed by atoms with van der Waals surface area (Å²) in [6.07, 6.45) is -0.152. The molecule has 9 nitrogen and oxygen atoms in total. The Morgan fingerprint density at radius 3 is 2.31 bits per heavy atom. The van der Waals surface area contributed by atoms with E-state index in [1.54, 1.807) is 20.8 Å². The molecule has 0 saturated carbocycles. The van der Waals surface area contributed by atoms with Gasteiger partial charge in [0.2, 0.25) is 5.91 Å². The van der Waals surface area contributed by atoms with Crippen molar-refractivity contribution in [3.05, 3.63) is 41.0 Å². The Kier molecular flexibility index (Phi) is 11.6. The van der Waals surface area contributed by atoms with Gasteiger partial charge < -0.3 is 31.5 Å². The zero-order chi connectivity index (χ0) is 26.8. The number of ether oxygens (including phenoxy) is 1. The molecule has 0 saturated heterocycles. The van der Waals surface area contributed by atoms with Crippen LogP contribution in [-0.4, -0.2) is 62.2 Å². The van der Waals surface area contributed by atoms with E-state index in [4.69, 9.17) is 5.73 Å². The van der Waals surface area contributed by atoms with E-state index in [0.717, 1.165) is 24.4 Å². The fraction of sp³-hybridized carbons (Fsp3) is 0.500. The van der Waals surface area contributed by atoms with Crippen molar-refractivity contribution in [1.29, 1.82) is 0 Å². The molecule has 2 amide bonds. The summed E-state index contributed by atoms with van der Waals surface area (Å²) in [5.74, 6) is -2.41. The van der Waals surface area contributed by atoms with Crippen LogP contribution in [0.1, 0.15) is 31.9 Å². The van der Waals surface area contributed by atoms with Gasteiger partial charge in [0, 0.05) is 42.7 Å². The summed E-state index contributed by atoms with van der Waals surface area (Å²) >= 11 is 0. The fourth-order valence-corrected chi connectivity index (χ4v) is 2.83. The number of aliphatic hydroxyl groups is 1. The quantitative estimate of drug-likeness (QED) is 0.177. The molecule has 0 aromatic heterocycles. The van der Waals surface area contributed by atoms with Crippen LogP contribution in [0.5, 0.6) is 0 Å². The third-order valence-electron chi connectivity index (χ3n) is 4.70. The Bertz CT molecular complexity index is 912. The molecule has 0 aliphatic rings. The van der Waals surface area contributed by atoms with Gasteiger partial charge in [0.1, 0.15) is 17.7 Å². The average molecular weight is 506 g/mol. The SMILES string of the molecule is COC(=O)NC(C(=O)NC[C@@H](O)CNCc1c(F)cc(C(N)=CC=NC(F)F)cc1F)C(C)(C)C. The van der Waals surface area contributed by atoms with Crippen LogP contribution in [0.3, 0.4) is 0 Å². The maximum atomic E-state index is 14.4. The van der Waals surface area contributed by atoms with Gasteiger partial charge >= 0.3 is 12.6 Å². The monoisotopic (exact) mass is 505 g/mol. The minimum absolute atomic E-state index is 0.0545. The third-order valence-corrected chi connectivity index (χ3v) is 4.70. The van der Waals surface area contributed by atoms with Gasteiger partial charge in [-0.15, -0.1) is 0 Å². The highest BCUT2D eigenvalue weighted by atomic mass is 19.3. The van der Waals surface area contributed by atoms with Gasteiger partial charge in [-0.3, -0.25) is 4.79 Å². The van der Waals surface area contributed by atoms with Crippen molar-refractivity contribution < 1.29 is 37.0 Å². The lowest BCUT2D eigenvalue weighted by molar-refractivity contribution is -0.125. The number of benzene rings is 1. The number of nitrogens with zero attached hydrogens (tertiary/aromatic N) is 1. The van der Waals surface area contributed by atoms with Crippen LogP contribution in [0.2, 0.25) is 0 Å². The van der Waals surface area contributed by atoms with E-state index in [-0.39, 0.29) is 36.5 Å². The van der Waals surface area contributed by atoms with Gasteiger partial charge in [0.05, 0.1) is 13.2 Å². The lowest BCUT2D eigenvalue weighted by atomic mass is 9.86. The summed E-state index contributed by atoms with van der Waals surface area (Å²) in [6.45, 7) is 1.69. The molecule has 0 bridgehead atoms. The zero-order valence-corrected chi connectivity index (χ0v) is 19.9. The smallest absolute Gasteiger partial charge is 0.407 e. The number of methoxy groups -OCH3 is 1. The summed E-state index contributed by atoms with van der Waals surface area (Å²) in [5, 5.41) is 17.7. The fourth-order valence-electron chi connectivity index (χ4n) is 2.83. The van der Waals surface area contributed by atoms with Crippen LogP contribution in [0.4, 0.5) is 22.4 Å². The Labute approximate surface area is 200 Å². The molecule has 1 aromatic rings. The van der Waals surface area contributed by atoms with E-state index in [1.165, 1.54) is 7.11 Å². The molecule has 35 heavy (non-hydrogen) atoms. The predicted octanol–water partition coefficient (Wildman–Crippen LogP) is 1.90. The van der Waals surface area contributed by atoms with Crippen molar-refractivity contribution in [2.24, 2.45) is 16.1 Å². The van der Waals surface area contributed by atoms with Crippen LogP contribution in [-0.2, 0) is 16.1 Å². The number of nitrogens with one attached hydrogen (secondary N) is 3. The van der Waals surface area contributed by atoms with Crippen LogP contribution < -0.4 is 21.7 Å². The van der Waals surface area contributed by atoms with Gasteiger partial charge in [-0.25, -0.2) is 18.6 Å². The Morgan fingerprint density at radius 2 is 1.80 bits per heavy atom. The summed E-state index contributed by atoms with van der Waals surface area (Å²) in [4.78, 5) is 26.7. The molecule has 1 rings (SSSR count). The van der Waals surface area contributed by atoms with E-state index < -0.39 is 47.7 Å².